The minimum Gasteiger partial charge on any atom is -0.0536 e. The van der Waals surface area contributed by atoms with Crippen LogP contribution in [0.1, 0.15) is 0 Å². The van der Waals surface area contributed by atoms with Crippen LogP contribution < -0.4 is 0 Å². The highest BCUT2D eigenvalue weighted by Crippen LogP contribution is 2.56. The molecule has 6 aromatic rings. The van der Waals surface area contributed by atoms with Crippen molar-refractivity contribution in [1.82, 2.24) is 0 Å². The highest BCUT2D eigenvalue weighted by atomic mass is 31.1. The molecule has 0 radical (unpaired) electrons. The van der Waals surface area contributed by atoms with Gasteiger partial charge in [0, 0.05) is 21.5 Å². The highest BCUT2D eigenvalue weighted by Gasteiger charge is 2.28. The number of hydrogen-bond donors (Lipinski definition) is 0. The quantitative estimate of drug-likeness (QED) is 0.282. The van der Waals surface area contributed by atoms with Crippen LogP contribution in [-0.4, -0.2) is 0 Å². The molecule has 0 nitrogen and oxygen atoms in total. The fourth-order valence-electron chi connectivity index (χ4n) is 3.90. The van der Waals surface area contributed by atoms with E-state index < -0.39 is 0 Å². The van der Waals surface area contributed by atoms with Gasteiger partial charge in [0.2, 0.25) is 0 Å². The summed E-state index contributed by atoms with van der Waals surface area (Å²) in [5, 5.41) is 13.4. The van der Waals surface area contributed by atoms with Crippen LogP contribution in [0, 0.1) is 0 Å². The molecular weight excluding hydrogens is 259 g/mol. The molecule has 0 amide bonds. The third-order valence-corrected chi connectivity index (χ3v) is 7.42. The molecule has 0 aliphatic heterocycles. The Kier molecular flexibility index (Phi) is 1.43. The Labute approximate surface area is 116 Å². The molecule has 20 heavy (non-hydrogen) atoms. The first-order chi connectivity index (χ1) is 9.92. The van der Waals surface area contributed by atoms with Crippen molar-refractivity contribution in [3.05, 3.63) is 60.7 Å². The van der Waals surface area contributed by atoms with Gasteiger partial charge >= 0.3 is 0 Å². The van der Waals surface area contributed by atoms with E-state index in [9.17, 15) is 0 Å². The Morgan fingerprint density at radius 2 is 0.850 bits per heavy atom. The van der Waals surface area contributed by atoms with Crippen LogP contribution in [0.5, 0.6) is 0 Å². The Morgan fingerprint density at radius 1 is 0.450 bits per heavy atom. The van der Waals surface area contributed by atoms with E-state index in [0.29, 0.717) is 0 Å². The van der Waals surface area contributed by atoms with Gasteiger partial charge in [-0.1, -0.05) is 24.3 Å². The molecule has 3 aromatic heterocycles. The SMILES string of the molecule is c1cc2ccc3ccc4ccc5ccc1c1c2c3[p+]4c51. The first-order valence-corrected chi connectivity index (χ1v) is 8.32. The summed E-state index contributed by atoms with van der Waals surface area (Å²) >= 11 is 0. The molecule has 0 N–H and O–H groups in total. The molecule has 3 heterocycles. The van der Waals surface area contributed by atoms with Gasteiger partial charge in [0.1, 0.15) is 0 Å². The Morgan fingerprint density at radius 3 is 1.35 bits per heavy atom. The first-order valence-electron chi connectivity index (χ1n) is 6.97. The van der Waals surface area contributed by atoms with E-state index in [-0.39, 0.29) is 7.34 Å². The van der Waals surface area contributed by atoms with Gasteiger partial charge in [-0.25, -0.2) is 0 Å². The largest absolute Gasteiger partial charge is 0.180 e. The second-order valence-corrected chi connectivity index (χ2v) is 7.78. The zero-order valence-electron chi connectivity index (χ0n) is 10.7. The van der Waals surface area contributed by atoms with Gasteiger partial charge in [0.25, 0.3) is 0 Å². The lowest BCUT2D eigenvalue weighted by Crippen LogP contribution is -1.76. The van der Waals surface area contributed by atoms with Crippen molar-refractivity contribution in [2.24, 2.45) is 0 Å². The lowest BCUT2D eigenvalue weighted by molar-refractivity contribution is 1.88. The normalized spacial score (nSPS) is 13.0. The molecule has 0 bridgehead atoms. The molecule has 0 unspecified atom stereocenters. The summed E-state index contributed by atoms with van der Waals surface area (Å²) in [5.74, 6) is 0. The molecule has 0 aliphatic rings. The molecule has 1 heteroatoms. The minimum atomic E-state index is -0.293. The minimum absolute atomic E-state index is 0.293. The predicted molar refractivity (Wildman–Crippen MR) is 90.1 cm³/mol. The molecule has 0 saturated heterocycles. The Balaban J connectivity index is 2.27. The standard InChI is InChI=1S/C19H10P/c1-2-12-4-6-14-8-10-15-9-7-13-5-3-11(1)16-17(12)19(14)20(15)18(13)16/h1-10H/q+1. The summed E-state index contributed by atoms with van der Waals surface area (Å²) in [4.78, 5) is 0. The maximum absolute atomic E-state index is 2.32. The number of hydrogen-bond acceptors (Lipinski definition) is 0. The molecule has 0 atom stereocenters. The predicted octanol–water partition coefficient (Wildman–Crippen LogP) is 6.33. The van der Waals surface area contributed by atoms with Gasteiger partial charge in [-0.15, -0.1) is 0 Å². The monoisotopic (exact) mass is 269 g/mol. The molecule has 0 saturated carbocycles. The third-order valence-electron chi connectivity index (χ3n) is 4.75. The average Bonchev–Trinajstić information content (AvgIpc) is 2.88. The van der Waals surface area contributed by atoms with E-state index >= 15 is 0 Å². The van der Waals surface area contributed by atoms with E-state index in [2.05, 4.69) is 60.7 Å². The van der Waals surface area contributed by atoms with E-state index in [0.717, 1.165) is 0 Å². The topological polar surface area (TPSA) is 0 Å². The van der Waals surface area contributed by atoms with E-state index in [4.69, 9.17) is 0 Å². The van der Waals surface area contributed by atoms with Gasteiger partial charge < -0.3 is 0 Å². The van der Waals surface area contributed by atoms with Crippen LogP contribution in [-0.2, 0) is 0 Å². The summed E-state index contributed by atoms with van der Waals surface area (Å²) in [6, 6.07) is 23.0. The van der Waals surface area contributed by atoms with Crippen LogP contribution in [0.15, 0.2) is 60.7 Å². The van der Waals surface area contributed by atoms with Crippen molar-refractivity contribution in [3.8, 4) is 0 Å². The van der Waals surface area contributed by atoms with Gasteiger partial charge in [-0.3, -0.25) is 0 Å². The molecule has 0 aliphatic carbocycles. The summed E-state index contributed by atoms with van der Waals surface area (Å²) in [6.07, 6.45) is 0. The molecule has 3 aromatic carbocycles. The highest BCUT2D eigenvalue weighted by molar-refractivity contribution is 7.63. The lowest BCUT2D eigenvalue weighted by atomic mass is 10.00. The molecule has 0 fully saturated rings. The summed E-state index contributed by atoms with van der Waals surface area (Å²) in [7, 11) is -0.293. The lowest BCUT2D eigenvalue weighted by Gasteiger charge is -2.00. The molecule has 0 spiro atoms. The average molecular weight is 269 g/mol. The fourth-order valence-corrected chi connectivity index (χ4v) is 6.84. The maximum Gasteiger partial charge on any atom is 0.180 e. The van der Waals surface area contributed by atoms with Crippen molar-refractivity contribution in [1.29, 1.82) is 0 Å². The van der Waals surface area contributed by atoms with E-state index in [1.54, 1.807) is 10.2 Å². The summed E-state index contributed by atoms with van der Waals surface area (Å²) in [6.45, 7) is 0. The van der Waals surface area contributed by atoms with Crippen molar-refractivity contribution in [2.45, 2.75) is 0 Å². The third kappa shape index (κ3) is 0.882. The Bertz CT molecular complexity index is 930. The summed E-state index contributed by atoms with van der Waals surface area (Å²) in [5.41, 5.74) is 0. The molecule has 6 rings (SSSR count). The second-order valence-electron chi connectivity index (χ2n) is 5.70. The Hall–Kier alpha value is -2.17. The van der Waals surface area contributed by atoms with Crippen LogP contribution in [0.25, 0.3) is 47.7 Å². The van der Waals surface area contributed by atoms with Crippen molar-refractivity contribution in [3.63, 3.8) is 0 Å². The van der Waals surface area contributed by atoms with Crippen LogP contribution in [0.4, 0.5) is 0 Å². The zero-order valence-corrected chi connectivity index (χ0v) is 11.6. The molecule has 90 valence electrons. The fraction of sp³-hybridized carbons (Fsp3) is 0. The van der Waals surface area contributed by atoms with Gasteiger partial charge in [-0.2, -0.15) is 0 Å². The smallest absolute Gasteiger partial charge is 0.0536 e. The van der Waals surface area contributed by atoms with E-state index in [1.807, 2.05) is 0 Å². The second kappa shape index (κ2) is 2.95. The van der Waals surface area contributed by atoms with Gasteiger partial charge in [0.15, 0.2) is 22.7 Å². The van der Waals surface area contributed by atoms with E-state index in [1.165, 1.54) is 37.4 Å². The van der Waals surface area contributed by atoms with Gasteiger partial charge in [-0.05, 0) is 47.2 Å². The van der Waals surface area contributed by atoms with Crippen molar-refractivity contribution >= 4 is 55.0 Å². The van der Waals surface area contributed by atoms with Gasteiger partial charge in [0.05, 0.1) is 0 Å². The van der Waals surface area contributed by atoms with Crippen molar-refractivity contribution in [2.75, 3.05) is 0 Å². The zero-order chi connectivity index (χ0) is 12.8. The van der Waals surface area contributed by atoms with Crippen LogP contribution in [0.3, 0.4) is 0 Å². The number of rotatable bonds is 0. The molecular formula is C19H10P+. The van der Waals surface area contributed by atoms with Crippen LogP contribution in [0.2, 0.25) is 0 Å². The number of benzene rings is 3. The van der Waals surface area contributed by atoms with Crippen LogP contribution >= 0.6 is 7.34 Å². The maximum atomic E-state index is 2.32. The van der Waals surface area contributed by atoms with Crippen molar-refractivity contribution < 1.29 is 0 Å². The summed E-state index contributed by atoms with van der Waals surface area (Å²) < 4.78 is 0. The first kappa shape index (κ1) is 9.69.